The van der Waals surface area contributed by atoms with Gasteiger partial charge in [-0.15, -0.1) is 11.3 Å². The van der Waals surface area contributed by atoms with E-state index in [4.69, 9.17) is 4.42 Å². The van der Waals surface area contributed by atoms with E-state index in [9.17, 15) is 9.90 Å². The number of aliphatic hydroxyl groups is 1. The van der Waals surface area contributed by atoms with Gasteiger partial charge in [0, 0.05) is 5.38 Å². The van der Waals surface area contributed by atoms with Crippen molar-refractivity contribution in [2.45, 2.75) is 39.3 Å². The molecule has 3 N–H and O–H groups in total. The first-order valence-corrected chi connectivity index (χ1v) is 7.91. The van der Waals surface area contributed by atoms with E-state index in [-0.39, 0.29) is 18.6 Å². The van der Waals surface area contributed by atoms with Crippen LogP contribution in [-0.4, -0.2) is 22.7 Å². The standard InChI is InChI=1S/C15H21N3O3S/c1-9-5-6-13(21-9)15(4,20)8-16-14(19)17-10(2)12-7-22-11(3)18-12/h5-7,10,20H,8H2,1-4H3,(H2,16,17,19)/t10-,15-/m0/s1. The number of rotatable bonds is 5. The van der Waals surface area contributed by atoms with Crippen molar-refractivity contribution < 1.29 is 14.3 Å². The first kappa shape index (κ1) is 16.5. The van der Waals surface area contributed by atoms with E-state index in [1.54, 1.807) is 37.3 Å². The largest absolute Gasteiger partial charge is 0.463 e. The summed E-state index contributed by atoms with van der Waals surface area (Å²) in [4.78, 5) is 16.3. The smallest absolute Gasteiger partial charge is 0.315 e. The third-order valence-corrected chi connectivity index (χ3v) is 4.08. The van der Waals surface area contributed by atoms with Crippen LogP contribution in [0.1, 0.15) is 42.1 Å². The van der Waals surface area contributed by atoms with E-state index in [0.29, 0.717) is 11.5 Å². The number of urea groups is 1. The van der Waals surface area contributed by atoms with Gasteiger partial charge in [0.25, 0.3) is 0 Å². The Labute approximate surface area is 133 Å². The third kappa shape index (κ3) is 4.08. The molecule has 2 rings (SSSR count). The zero-order valence-electron chi connectivity index (χ0n) is 13.1. The topological polar surface area (TPSA) is 87.4 Å². The molecule has 0 aliphatic heterocycles. The number of aromatic nitrogens is 1. The lowest BCUT2D eigenvalue weighted by atomic mass is 10.0. The highest BCUT2D eigenvalue weighted by atomic mass is 32.1. The van der Waals surface area contributed by atoms with Gasteiger partial charge in [0.15, 0.2) is 0 Å². The van der Waals surface area contributed by atoms with Gasteiger partial charge in [-0.2, -0.15) is 0 Å². The van der Waals surface area contributed by atoms with Crippen LogP contribution in [-0.2, 0) is 5.60 Å². The van der Waals surface area contributed by atoms with Gasteiger partial charge < -0.3 is 20.2 Å². The lowest BCUT2D eigenvalue weighted by Gasteiger charge is -2.22. The molecular formula is C15H21N3O3S. The monoisotopic (exact) mass is 323 g/mol. The Morgan fingerprint density at radius 3 is 2.77 bits per heavy atom. The molecular weight excluding hydrogens is 302 g/mol. The molecule has 0 aliphatic rings. The van der Waals surface area contributed by atoms with Gasteiger partial charge in [-0.25, -0.2) is 9.78 Å². The molecule has 2 atom stereocenters. The highest BCUT2D eigenvalue weighted by Crippen LogP contribution is 2.22. The van der Waals surface area contributed by atoms with Crippen molar-refractivity contribution in [2.75, 3.05) is 6.54 Å². The number of carbonyl (C=O) groups is 1. The summed E-state index contributed by atoms with van der Waals surface area (Å²) in [5.41, 5.74) is -0.433. The van der Waals surface area contributed by atoms with Crippen LogP contribution in [0.15, 0.2) is 21.9 Å². The van der Waals surface area contributed by atoms with Crippen LogP contribution in [0.2, 0.25) is 0 Å². The van der Waals surface area contributed by atoms with Gasteiger partial charge in [-0.1, -0.05) is 0 Å². The molecule has 6 nitrogen and oxygen atoms in total. The minimum Gasteiger partial charge on any atom is -0.463 e. The Morgan fingerprint density at radius 1 is 1.50 bits per heavy atom. The van der Waals surface area contributed by atoms with Crippen molar-refractivity contribution in [3.8, 4) is 0 Å². The van der Waals surface area contributed by atoms with Crippen molar-refractivity contribution >= 4 is 17.4 Å². The molecule has 0 saturated heterocycles. The lowest BCUT2D eigenvalue weighted by Crippen LogP contribution is -2.44. The summed E-state index contributed by atoms with van der Waals surface area (Å²) in [6, 6.07) is 2.93. The van der Waals surface area contributed by atoms with E-state index < -0.39 is 5.60 Å². The number of hydrogen-bond donors (Lipinski definition) is 3. The number of aryl methyl sites for hydroxylation is 2. The molecule has 7 heteroatoms. The molecule has 2 aromatic heterocycles. The number of furan rings is 1. The Kier molecular flexibility index (Phi) is 4.87. The maximum Gasteiger partial charge on any atom is 0.315 e. The summed E-state index contributed by atoms with van der Waals surface area (Å²) in [5, 5.41) is 18.7. The second kappa shape index (κ2) is 6.50. The number of thiazole rings is 1. The van der Waals surface area contributed by atoms with Crippen LogP contribution in [0.4, 0.5) is 4.79 Å². The van der Waals surface area contributed by atoms with Crippen molar-refractivity contribution in [1.29, 1.82) is 0 Å². The Morgan fingerprint density at radius 2 is 2.23 bits per heavy atom. The van der Waals surface area contributed by atoms with E-state index in [0.717, 1.165) is 10.7 Å². The van der Waals surface area contributed by atoms with Crippen molar-refractivity contribution in [1.82, 2.24) is 15.6 Å². The maximum atomic E-state index is 11.9. The summed E-state index contributed by atoms with van der Waals surface area (Å²) in [6.07, 6.45) is 0. The molecule has 2 heterocycles. The molecule has 22 heavy (non-hydrogen) atoms. The fraction of sp³-hybridized carbons (Fsp3) is 0.467. The normalized spacial score (nSPS) is 15.1. The first-order valence-electron chi connectivity index (χ1n) is 7.03. The van der Waals surface area contributed by atoms with Gasteiger partial charge >= 0.3 is 6.03 Å². The van der Waals surface area contributed by atoms with Crippen LogP contribution < -0.4 is 10.6 Å². The van der Waals surface area contributed by atoms with Gasteiger partial charge in [0.05, 0.1) is 23.3 Å². The molecule has 0 spiro atoms. The van der Waals surface area contributed by atoms with Crippen molar-refractivity contribution in [3.63, 3.8) is 0 Å². The van der Waals surface area contributed by atoms with Gasteiger partial charge in [0.1, 0.15) is 17.1 Å². The second-order valence-corrected chi connectivity index (χ2v) is 6.59. The number of amides is 2. The maximum absolute atomic E-state index is 11.9. The van der Waals surface area contributed by atoms with Crippen LogP contribution in [0.5, 0.6) is 0 Å². The minimum atomic E-state index is -1.26. The predicted molar refractivity (Wildman–Crippen MR) is 84.8 cm³/mol. The number of nitrogens with one attached hydrogen (secondary N) is 2. The summed E-state index contributed by atoms with van der Waals surface area (Å²) < 4.78 is 5.40. The molecule has 2 amide bonds. The average molecular weight is 323 g/mol. The number of carbonyl (C=O) groups excluding carboxylic acids is 1. The van der Waals surface area contributed by atoms with E-state index in [1.807, 2.05) is 19.2 Å². The lowest BCUT2D eigenvalue weighted by molar-refractivity contribution is 0.0359. The predicted octanol–water partition coefficient (Wildman–Crippen LogP) is 2.62. The Hall–Kier alpha value is -1.86. The summed E-state index contributed by atoms with van der Waals surface area (Å²) in [6.45, 7) is 7.23. The molecule has 0 bridgehead atoms. The van der Waals surface area contributed by atoms with Crippen molar-refractivity contribution in [2.24, 2.45) is 0 Å². The van der Waals surface area contributed by atoms with Crippen LogP contribution >= 0.6 is 11.3 Å². The highest BCUT2D eigenvalue weighted by Gasteiger charge is 2.27. The molecule has 0 fully saturated rings. The zero-order chi connectivity index (χ0) is 16.3. The van der Waals surface area contributed by atoms with E-state index in [2.05, 4.69) is 15.6 Å². The number of nitrogens with zero attached hydrogens (tertiary/aromatic N) is 1. The Bertz CT molecular complexity index is 648. The summed E-state index contributed by atoms with van der Waals surface area (Å²) >= 11 is 1.54. The van der Waals surface area contributed by atoms with Gasteiger partial charge in [-0.05, 0) is 39.8 Å². The minimum absolute atomic E-state index is 0.0502. The third-order valence-electron chi connectivity index (χ3n) is 3.29. The molecule has 2 aromatic rings. The SMILES string of the molecule is Cc1ccc([C@@](C)(O)CNC(=O)N[C@@H](C)c2csc(C)n2)o1. The van der Waals surface area contributed by atoms with Crippen LogP contribution in [0.3, 0.4) is 0 Å². The van der Waals surface area contributed by atoms with Crippen LogP contribution in [0, 0.1) is 13.8 Å². The molecule has 120 valence electrons. The fourth-order valence-corrected chi connectivity index (χ4v) is 2.67. The number of hydrogen-bond acceptors (Lipinski definition) is 5. The second-order valence-electron chi connectivity index (χ2n) is 5.52. The molecule has 0 radical (unpaired) electrons. The van der Waals surface area contributed by atoms with Crippen LogP contribution in [0.25, 0.3) is 0 Å². The fourth-order valence-electron chi connectivity index (χ4n) is 1.96. The molecule has 0 aromatic carbocycles. The average Bonchev–Trinajstić information content (AvgIpc) is 3.05. The molecule has 0 saturated carbocycles. The zero-order valence-corrected chi connectivity index (χ0v) is 14.0. The first-order chi connectivity index (χ1) is 10.3. The summed E-state index contributed by atoms with van der Waals surface area (Å²) in [7, 11) is 0. The van der Waals surface area contributed by atoms with Crippen molar-refractivity contribution in [3.05, 3.63) is 39.7 Å². The van der Waals surface area contributed by atoms with E-state index >= 15 is 0 Å². The Balaban J connectivity index is 1.87. The quantitative estimate of drug-likeness (QED) is 0.789. The molecule has 0 unspecified atom stereocenters. The highest BCUT2D eigenvalue weighted by molar-refractivity contribution is 7.09. The van der Waals surface area contributed by atoms with E-state index in [1.165, 1.54) is 0 Å². The van der Waals surface area contributed by atoms with Gasteiger partial charge in [0.2, 0.25) is 0 Å². The van der Waals surface area contributed by atoms with Gasteiger partial charge in [-0.3, -0.25) is 0 Å². The molecule has 0 aliphatic carbocycles. The summed E-state index contributed by atoms with van der Waals surface area (Å²) in [5.74, 6) is 1.14.